The molecule has 0 aliphatic carbocycles. The number of rotatable bonds is 6. The van der Waals surface area contributed by atoms with E-state index >= 15 is 0 Å². The standard InChI is InChI=1S/C19H13BrClN3O3/c20-17-18(27-16-6-13(8-22)5-15(21)7-16)14(9-24-19(17)25)11-26-10-12-1-3-23-4-2-12/h1-7,9H,10-11H2,(H,24,25). The van der Waals surface area contributed by atoms with Crippen LogP contribution in [0.2, 0.25) is 5.02 Å². The van der Waals surface area contributed by atoms with Crippen molar-refractivity contribution in [3.63, 3.8) is 0 Å². The Kier molecular flexibility index (Phi) is 6.24. The number of nitrogens with zero attached hydrogens (tertiary/aromatic N) is 2. The summed E-state index contributed by atoms with van der Waals surface area (Å²) in [6.07, 6.45) is 4.91. The number of aromatic nitrogens is 2. The van der Waals surface area contributed by atoms with Crippen molar-refractivity contribution in [3.8, 4) is 17.6 Å². The second kappa shape index (κ2) is 8.82. The molecule has 2 heterocycles. The second-order valence-electron chi connectivity index (χ2n) is 5.52. The first-order valence-corrected chi connectivity index (χ1v) is 8.99. The quantitative estimate of drug-likeness (QED) is 0.599. The number of H-pyrrole nitrogens is 1. The first-order chi connectivity index (χ1) is 13.1. The summed E-state index contributed by atoms with van der Waals surface area (Å²) in [4.78, 5) is 18.5. The molecule has 0 fully saturated rings. The molecule has 3 aromatic rings. The molecule has 0 aliphatic rings. The van der Waals surface area contributed by atoms with E-state index in [4.69, 9.17) is 26.3 Å². The summed E-state index contributed by atoms with van der Waals surface area (Å²) < 4.78 is 11.8. The number of benzene rings is 1. The van der Waals surface area contributed by atoms with Crippen LogP contribution in [-0.2, 0) is 18.0 Å². The number of pyridine rings is 2. The van der Waals surface area contributed by atoms with Gasteiger partial charge in [-0.05, 0) is 51.8 Å². The minimum absolute atomic E-state index is 0.207. The summed E-state index contributed by atoms with van der Waals surface area (Å²) in [5, 5.41) is 9.44. The lowest BCUT2D eigenvalue weighted by Gasteiger charge is -2.13. The van der Waals surface area contributed by atoms with Crippen LogP contribution in [0.1, 0.15) is 16.7 Å². The first kappa shape index (κ1) is 19.1. The number of halogens is 2. The van der Waals surface area contributed by atoms with Gasteiger partial charge in [0.1, 0.15) is 10.2 Å². The molecule has 0 saturated heterocycles. The van der Waals surface area contributed by atoms with E-state index in [9.17, 15) is 4.79 Å². The highest BCUT2D eigenvalue weighted by Gasteiger charge is 2.14. The van der Waals surface area contributed by atoms with E-state index in [0.29, 0.717) is 34.3 Å². The van der Waals surface area contributed by atoms with Crippen molar-refractivity contribution in [2.24, 2.45) is 0 Å². The topological polar surface area (TPSA) is 88.0 Å². The zero-order valence-electron chi connectivity index (χ0n) is 13.9. The van der Waals surface area contributed by atoms with E-state index in [0.717, 1.165) is 5.56 Å². The molecule has 0 spiro atoms. The molecule has 2 aromatic heterocycles. The number of hydrogen-bond acceptors (Lipinski definition) is 5. The molecule has 0 radical (unpaired) electrons. The zero-order chi connectivity index (χ0) is 19.2. The molecule has 0 atom stereocenters. The van der Waals surface area contributed by atoms with Crippen molar-refractivity contribution in [2.75, 3.05) is 0 Å². The zero-order valence-corrected chi connectivity index (χ0v) is 16.3. The molecule has 0 bridgehead atoms. The van der Waals surface area contributed by atoms with Gasteiger partial charge in [-0.2, -0.15) is 5.26 Å². The predicted molar refractivity (Wildman–Crippen MR) is 104 cm³/mol. The van der Waals surface area contributed by atoms with Gasteiger partial charge in [0.25, 0.3) is 5.56 Å². The van der Waals surface area contributed by atoms with E-state index in [1.165, 1.54) is 12.3 Å². The summed E-state index contributed by atoms with van der Waals surface area (Å²) in [5.41, 5.74) is 1.62. The van der Waals surface area contributed by atoms with E-state index in [1.807, 2.05) is 18.2 Å². The smallest absolute Gasteiger partial charge is 0.266 e. The van der Waals surface area contributed by atoms with Gasteiger partial charge in [0.05, 0.1) is 24.8 Å². The van der Waals surface area contributed by atoms with Gasteiger partial charge in [-0.25, -0.2) is 0 Å². The van der Waals surface area contributed by atoms with Gasteiger partial charge in [0, 0.05) is 29.2 Å². The maximum absolute atomic E-state index is 12.0. The summed E-state index contributed by atoms with van der Waals surface area (Å²) in [5.74, 6) is 0.653. The normalized spacial score (nSPS) is 10.4. The molecule has 0 amide bonds. The Balaban J connectivity index is 1.83. The van der Waals surface area contributed by atoms with Crippen molar-refractivity contribution in [3.05, 3.63) is 85.5 Å². The molecule has 3 rings (SSSR count). The average Bonchev–Trinajstić information content (AvgIpc) is 2.67. The lowest BCUT2D eigenvalue weighted by Crippen LogP contribution is -2.10. The Morgan fingerprint density at radius 1 is 1.22 bits per heavy atom. The Morgan fingerprint density at radius 3 is 2.74 bits per heavy atom. The molecule has 1 aromatic carbocycles. The molecule has 0 aliphatic heterocycles. The summed E-state index contributed by atoms with van der Waals surface area (Å²) in [7, 11) is 0. The lowest BCUT2D eigenvalue weighted by atomic mass is 10.2. The SMILES string of the molecule is N#Cc1cc(Cl)cc(Oc2c(COCc3ccncc3)c[nH]c(=O)c2Br)c1. The summed E-state index contributed by atoms with van der Waals surface area (Å²) >= 11 is 9.27. The molecule has 136 valence electrons. The summed E-state index contributed by atoms with van der Waals surface area (Å²) in [6.45, 7) is 0.590. The first-order valence-electron chi connectivity index (χ1n) is 7.82. The van der Waals surface area contributed by atoms with Crippen LogP contribution >= 0.6 is 27.5 Å². The third-order valence-electron chi connectivity index (χ3n) is 3.56. The molecular formula is C19H13BrClN3O3. The minimum Gasteiger partial charge on any atom is -0.455 e. The van der Waals surface area contributed by atoms with Crippen molar-refractivity contribution in [2.45, 2.75) is 13.2 Å². The van der Waals surface area contributed by atoms with Crippen molar-refractivity contribution < 1.29 is 9.47 Å². The van der Waals surface area contributed by atoms with Crippen LogP contribution < -0.4 is 10.3 Å². The van der Waals surface area contributed by atoms with Crippen LogP contribution in [0.3, 0.4) is 0 Å². The van der Waals surface area contributed by atoms with Crippen molar-refractivity contribution in [1.82, 2.24) is 9.97 Å². The molecule has 6 nitrogen and oxygen atoms in total. The molecule has 1 N–H and O–H groups in total. The van der Waals surface area contributed by atoms with Gasteiger partial charge in [-0.1, -0.05) is 11.6 Å². The largest absolute Gasteiger partial charge is 0.455 e. The molecule has 27 heavy (non-hydrogen) atoms. The van der Waals surface area contributed by atoms with E-state index in [-0.39, 0.29) is 16.6 Å². The Bertz CT molecular complexity index is 1050. The van der Waals surface area contributed by atoms with E-state index < -0.39 is 0 Å². The predicted octanol–water partition coefficient (Wildman–Crippen LogP) is 4.57. The molecule has 0 saturated carbocycles. The van der Waals surface area contributed by atoms with E-state index in [1.54, 1.807) is 24.5 Å². The van der Waals surface area contributed by atoms with E-state index in [2.05, 4.69) is 25.9 Å². The van der Waals surface area contributed by atoms with Crippen LogP contribution in [0.5, 0.6) is 11.5 Å². The lowest BCUT2D eigenvalue weighted by molar-refractivity contribution is 0.105. The Labute approximate surface area is 168 Å². The van der Waals surface area contributed by atoms with Gasteiger partial charge >= 0.3 is 0 Å². The average molecular weight is 447 g/mol. The molecule has 0 unspecified atom stereocenters. The third kappa shape index (κ3) is 4.95. The number of aromatic amines is 1. The Hall–Kier alpha value is -2.66. The number of hydrogen-bond donors (Lipinski definition) is 1. The van der Waals surface area contributed by atoms with Crippen LogP contribution in [0, 0.1) is 11.3 Å². The highest BCUT2D eigenvalue weighted by Crippen LogP contribution is 2.32. The fourth-order valence-electron chi connectivity index (χ4n) is 2.31. The maximum atomic E-state index is 12.0. The van der Waals surface area contributed by atoms with Gasteiger partial charge in [0.15, 0.2) is 5.75 Å². The number of nitrogens with one attached hydrogen (secondary N) is 1. The fraction of sp³-hybridized carbons (Fsp3) is 0.105. The fourth-order valence-corrected chi connectivity index (χ4v) is 2.98. The minimum atomic E-state index is -0.342. The second-order valence-corrected chi connectivity index (χ2v) is 6.75. The monoisotopic (exact) mass is 445 g/mol. The van der Waals surface area contributed by atoms with Crippen LogP contribution in [0.15, 0.2) is 58.2 Å². The van der Waals surface area contributed by atoms with Crippen LogP contribution in [0.4, 0.5) is 0 Å². The Morgan fingerprint density at radius 2 is 2.00 bits per heavy atom. The highest BCUT2D eigenvalue weighted by molar-refractivity contribution is 9.10. The summed E-state index contributed by atoms with van der Waals surface area (Å²) in [6, 6.07) is 10.4. The highest BCUT2D eigenvalue weighted by atomic mass is 79.9. The molecular weight excluding hydrogens is 434 g/mol. The van der Waals surface area contributed by atoms with Crippen LogP contribution in [0.25, 0.3) is 0 Å². The number of nitriles is 1. The van der Waals surface area contributed by atoms with Crippen LogP contribution in [-0.4, -0.2) is 9.97 Å². The van der Waals surface area contributed by atoms with Gasteiger partial charge in [-0.3, -0.25) is 9.78 Å². The maximum Gasteiger partial charge on any atom is 0.266 e. The number of ether oxygens (including phenoxy) is 2. The molecule has 8 heteroatoms. The van der Waals surface area contributed by atoms with Crippen molar-refractivity contribution in [1.29, 1.82) is 5.26 Å². The van der Waals surface area contributed by atoms with Gasteiger partial charge in [0.2, 0.25) is 0 Å². The van der Waals surface area contributed by atoms with Crippen molar-refractivity contribution >= 4 is 27.5 Å². The third-order valence-corrected chi connectivity index (χ3v) is 4.50. The van der Waals surface area contributed by atoms with Gasteiger partial charge in [-0.15, -0.1) is 0 Å². The van der Waals surface area contributed by atoms with Gasteiger partial charge < -0.3 is 14.5 Å².